The molecule has 29 heavy (non-hydrogen) atoms. The van der Waals surface area contributed by atoms with Crippen molar-refractivity contribution in [1.29, 1.82) is 0 Å². The van der Waals surface area contributed by atoms with Crippen molar-refractivity contribution in [2.45, 2.75) is 72.8 Å². The van der Waals surface area contributed by atoms with Gasteiger partial charge in [-0.05, 0) is 58.0 Å². The Morgan fingerprint density at radius 2 is 1.97 bits per heavy atom. The molecule has 1 atom stereocenters. The van der Waals surface area contributed by atoms with Crippen molar-refractivity contribution < 1.29 is 4.42 Å². The van der Waals surface area contributed by atoms with E-state index in [0.717, 1.165) is 61.9 Å². The minimum Gasteiger partial charge on any atom is -0.444 e. The van der Waals surface area contributed by atoms with Crippen LogP contribution in [0.2, 0.25) is 0 Å². The van der Waals surface area contributed by atoms with Gasteiger partial charge in [0.2, 0.25) is 5.89 Å². The maximum Gasteiger partial charge on any atom is 0.208 e. The predicted octanol–water partition coefficient (Wildman–Crippen LogP) is 4.50. The first-order valence-corrected chi connectivity index (χ1v) is 11.1. The van der Waals surface area contributed by atoms with Crippen LogP contribution in [0, 0.1) is 25.7 Å². The summed E-state index contributed by atoms with van der Waals surface area (Å²) in [5.74, 6) is 4.18. The number of aliphatic imine (C=N–C) groups is 1. The van der Waals surface area contributed by atoms with Crippen molar-refractivity contribution in [3.8, 4) is 0 Å². The van der Waals surface area contributed by atoms with Crippen LogP contribution in [-0.4, -0.2) is 49.1 Å². The molecule has 2 N–H and O–H groups in total. The van der Waals surface area contributed by atoms with Crippen molar-refractivity contribution >= 4 is 29.9 Å². The molecule has 2 heterocycles. The maximum absolute atomic E-state index is 5.73. The Labute approximate surface area is 194 Å². The lowest BCUT2D eigenvalue weighted by Crippen LogP contribution is -2.44. The van der Waals surface area contributed by atoms with Gasteiger partial charge in [0.15, 0.2) is 5.96 Å². The molecular weight excluding hydrogens is 477 g/mol. The Kier molecular flexibility index (Phi) is 12.9. The molecule has 1 saturated heterocycles. The highest BCUT2D eigenvalue weighted by Gasteiger charge is 2.21. The number of guanidine groups is 1. The summed E-state index contributed by atoms with van der Waals surface area (Å²) in [5.41, 5.74) is 1.01. The molecule has 6 nitrogen and oxygen atoms in total. The maximum atomic E-state index is 5.73. The molecule has 0 saturated carbocycles. The average Bonchev–Trinajstić information content (AvgIpc) is 3.02. The third-order valence-corrected chi connectivity index (χ3v) is 6.02. The van der Waals surface area contributed by atoms with Crippen molar-refractivity contribution in [3.05, 3.63) is 17.3 Å². The predicted molar refractivity (Wildman–Crippen MR) is 132 cm³/mol. The molecule has 7 heteroatoms. The first-order chi connectivity index (χ1) is 13.5. The number of halogens is 1. The third kappa shape index (κ3) is 9.24. The highest BCUT2D eigenvalue weighted by Crippen LogP contribution is 2.19. The van der Waals surface area contributed by atoms with E-state index in [0.29, 0.717) is 5.92 Å². The van der Waals surface area contributed by atoms with Crippen molar-refractivity contribution in [2.24, 2.45) is 16.8 Å². The van der Waals surface area contributed by atoms with Crippen molar-refractivity contribution in [1.82, 2.24) is 20.5 Å². The van der Waals surface area contributed by atoms with Crippen LogP contribution in [-0.2, 0) is 6.54 Å². The number of likely N-dealkylation sites (tertiary alicyclic amines) is 1. The quantitative estimate of drug-likeness (QED) is 0.271. The van der Waals surface area contributed by atoms with Crippen molar-refractivity contribution in [2.75, 3.05) is 33.2 Å². The summed E-state index contributed by atoms with van der Waals surface area (Å²) in [6.07, 6.45) is 7.54. The van der Waals surface area contributed by atoms with Gasteiger partial charge in [0, 0.05) is 20.1 Å². The van der Waals surface area contributed by atoms with Gasteiger partial charge < -0.3 is 15.1 Å². The molecule has 0 amide bonds. The molecular formula is C22H42IN5O. The van der Waals surface area contributed by atoms with Gasteiger partial charge in [-0.2, -0.15) is 0 Å². The number of unbranched alkanes of at least 4 members (excludes halogenated alkanes) is 1. The van der Waals surface area contributed by atoms with E-state index in [2.05, 4.69) is 39.4 Å². The summed E-state index contributed by atoms with van der Waals surface area (Å²) in [7, 11) is 1.87. The third-order valence-electron chi connectivity index (χ3n) is 6.02. The highest BCUT2D eigenvalue weighted by atomic mass is 127. The second kappa shape index (κ2) is 14.2. The lowest BCUT2D eigenvalue weighted by molar-refractivity contribution is 0.164. The molecule has 0 spiro atoms. The lowest BCUT2D eigenvalue weighted by Gasteiger charge is -2.31. The van der Waals surface area contributed by atoms with Gasteiger partial charge in [-0.25, -0.2) is 4.98 Å². The van der Waals surface area contributed by atoms with Gasteiger partial charge in [0.05, 0.1) is 12.2 Å². The van der Waals surface area contributed by atoms with E-state index in [1.54, 1.807) is 0 Å². The second-order valence-corrected chi connectivity index (χ2v) is 8.22. The molecule has 1 aliphatic rings. The number of hydrogen-bond donors (Lipinski definition) is 2. The van der Waals surface area contributed by atoms with Crippen LogP contribution in [0.3, 0.4) is 0 Å². The first-order valence-electron chi connectivity index (χ1n) is 11.1. The van der Waals surface area contributed by atoms with E-state index >= 15 is 0 Å². The Hall–Kier alpha value is -0.830. The van der Waals surface area contributed by atoms with E-state index in [-0.39, 0.29) is 24.0 Å². The minimum absolute atomic E-state index is 0. The Balaban J connectivity index is 0.00000420. The summed E-state index contributed by atoms with van der Waals surface area (Å²) < 4.78 is 5.73. The monoisotopic (exact) mass is 519 g/mol. The van der Waals surface area contributed by atoms with Gasteiger partial charge in [-0.3, -0.25) is 9.89 Å². The zero-order valence-electron chi connectivity index (χ0n) is 19.1. The number of aryl methyl sites for hydroxylation is 2. The van der Waals surface area contributed by atoms with E-state index in [1.165, 1.54) is 38.5 Å². The number of oxazole rings is 1. The Morgan fingerprint density at radius 1 is 1.24 bits per heavy atom. The molecule has 168 valence electrons. The molecule has 0 aliphatic carbocycles. The number of rotatable bonds is 10. The standard InChI is InChI=1S/C22H41N5O.HI/c1-6-8-9-19(7-2)14-24-22(23-5)25-15-20-10-12-27(13-11-20)16-21-26-17(3)18(4)28-21;/h19-20H,6-16H2,1-5H3,(H2,23,24,25);1H. The molecule has 1 aromatic heterocycles. The topological polar surface area (TPSA) is 65.7 Å². The minimum atomic E-state index is 0. The van der Waals surface area contributed by atoms with Crippen LogP contribution >= 0.6 is 24.0 Å². The molecule has 0 bridgehead atoms. The fourth-order valence-corrected chi connectivity index (χ4v) is 3.79. The molecule has 1 aromatic rings. The average molecular weight is 520 g/mol. The normalized spacial score (nSPS) is 17.1. The Bertz CT molecular complexity index is 577. The molecule has 2 rings (SSSR count). The number of nitrogens with one attached hydrogen (secondary N) is 2. The number of hydrogen-bond acceptors (Lipinski definition) is 4. The zero-order chi connectivity index (χ0) is 20.4. The van der Waals surface area contributed by atoms with Crippen LogP contribution < -0.4 is 10.6 Å². The van der Waals surface area contributed by atoms with Crippen LogP contribution in [0.5, 0.6) is 0 Å². The molecule has 1 aliphatic heterocycles. The zero-order valence-corrected chi connectivity index (χ0v) is 21.4. The summed E-state index contributed by atoms with van der Waals surface area (Å²) in [5, 5.41) is 7.07. The van der Waals surface area contributed by atoms with Gasteiger partial charge in [-0.15, -0.1) is 24.0 Å². The van der Waals surface area contributed by atoms with Gasteiger partial charge in [-0.1, -0.05) is 33.1 Å². The van der Waals surface area contributed by atoms with E-state index < -0.39 is 0 Å². The lowest BCUT2D eigenvalue weighted by atomic mass is 9.97. The van der Waals surface area contributed by atoms with Crippen molar-refractivity contribution in [3.63, 3.8) is 0 Å². The Morgan fingerprint density at radius 3 is 2.52 bits per heavy atom. The van der Waals surface area contributed by atoms with Gasteiger partial charge in [0.25, 0.3) is 0 Å². The molecule has 1 unspecified atom stereocenters. The van der Waals surface area contributed by atoms with Gasteiger partial charge in [0.1, 0.15) is 5.76 Å². The number of nitrogens with zero attached hydrogens (tertiary/aromatic N) is 3. The van der Waals surface area contributed by atoms with Crippen LogP contribution in [0.15, 0.2) is 9.41 Å². The summed E-state index contributed by atoms with van der Waals surface area (Å²) in [6.45, 7) is 13.6. The summed E-state index contributed by atoms with van der Waals surface area (Å²) >= 11 is 0. The highest BCUT2D eigenvalue weighted by molar-refractivity contribution is 14.0. The smallest absolute Gasteiger partial charge is 0.208 e. The molecule has 1 fully saturated rings. The fraction of sp³-hybridized carbons (Fsp3) is 0.818. The largest absolute Gasteiger partial charge is 0.444 e. The molecule has 0 radical (unpaired) electrons. The second-order valence-electron chi connectivity index (χ2n) is 8.22. The first kappa shape index (κ1) is 26.2. The van der Waals surface area contributed by atoms with Gasteiger partial charge >= 0.3 is 0 Å². The summed E-state index contributed by atoms with van der Waals surface area (Å²) in [4.78, 5) is 11.4. The van der Waals surface area contributed by atoms with Crippen LogP contribution in [0.25, 0.3) is 0 Å². The van der Waals surface area contributed by atoms with E-state index in [1.807, 2.05) is 20.9 Å². The fourth-order valence-electron chi connectivity index (χ4n) is 3.79. The SMILES string of the molecule is CCCCC(CC)CNC(=NC)NCC1CCN(Cc2nc(C)c(C)o2)CC1.I. The number of aromatic nitrogens is 1. The summed E-state index contributed by atoms with van der Waals surface area (Å²) in [6, 6.07) is 0. The number of piperidine rings is 1. The van der Waals surface area contributed by atoms with Crippen LogP contribution in [0.4, 0.5) is 0 Å². The van der Waals surface area contributed by atoms with Crippen LogP contribution in [0.1, 0.15) is 69.7 Å². The molecule has 0 aromatic carbocycles. The van der Waals surface area contributed by atoms with E-state index in [9.17, 15) is 0 Å². The van der Waals surface area contributed by atoms with E-state index in [4.69, 9.17) is 4.42 Å².